The van der Waals surface area contributed by atoms with Crippen molar-refractivity contribution in [1.82, 2.24) is 15.5 Å². The molecule has 0 saturated carbocycles. The van der Waals surface area contributed by atoms with E-state index in [1.165, 1.54) is 0 Å². The first-order chi connectivity index (χ1) is 17.7. The smallest absolute Gasteiger partial charge is 0.319 e. The molecule has 0 spiro atoms. The standard InChI is InChI=1S/C26H32Cl2N4O5/c1-2-22(37-23-7-6-18(27)15-21(23)28)25(35)29-16-17-4-3-5-20(14-17)31-26(36)30-19-8-11-32(12-9-19)13-10-24(33)34/h3-7,14-15,19,22H,2,8-13,16H2,1H3,(H,29,35)(H,33,34)(H2,30,31,36)/t22-/m1/s1. The number of hydrogen-bond donors (Lipinski definition) is 4. The van der Waals surface area contributed by atoms with E-state index < -0.39 is 12.1 Å². The van der Waals surface area contributed by atoms with Crippen LogP contribution in [0.3, 0.4) is 0 Å². The van der Waals surface area contributed by atoms with Gasteiger partial charge in [-0.05, 0) is 55.2 Å². The maximum absolute atomic E-state index is 12.7. The minimum atomic E-state index is -0.803. The second-order valence-electron chi connectivity index (χ2n) is 8.87. The van der Waals surface area contributed by atoms with E-state index in [-0.39, 0.29) is 30.9 Å². The third-order valence-corrected chi connectivity index (χ3v) is 6.57. The Hall–Kier alpha value is -3.01. The summed E-state index contributed by atoms with van der Waals surface area (Å²) >= 11 is 12.1. The number of nitrogens with one attached hydrogen (secondary N) is 3. The Morgan fingerprint density at radius 3 is 2.57 bits per heavy atom. The summed E-state index contributed by atoms with van der Waals surface area (Å²) in [6, 6.07) is 11.8. The van der Waals surface area contributed by atoms with E-state index >= 15 is 0 Å². The first-order valence-electron chi connectivity index (χ1n) is 12.2. The Morgan fingerprint density at radius 2 is 1.89 bits per heavy atom. The number of carbonyl (C=O) groups is 3. The number of urea groups is 1. The summed E-state index contributed by atoms with van der Waals surface area (Å²) in [6.07, 6.45) is 1.38. The lowest BCUT2D eigenvalue weighted by Crippen LogP contribution is -2.46. The van der Waals surface area contributed by atoms with Crippen LogP contribution in [-0.4, -0.2) is 59.7 Å². The summed E-state index contributed by atoms with van der Waals surface area (Å²) in [5.41, 5.74) is 1.43. The van der Waals surface area contributed by atoms with Crippen LogP contribution in [0.1, 0.15) is 38.2 Å². The molecule has 11 heteroatoms. The van der Waals surface area contributed by atoms with Gasteiger partial charge in [0.2, 0.25) is 0 Å². The number of anilines is 1. The highest BCUT2D eigenvalue weighted by molar-refractivity contribution is 6.35. The predicted octanol–water partition coefficient (Wildman–Crippen LogP) is 4.53. The number of nitrogens with zero attached hydrogens (tertiary/aromatic N) is 1. The number of aliphatic carboxylic acids is 1. The maximum Gasteiger partial charge on any atom is 0.319 e. The van der Waals surface area contributed by atoms with Crippen LogP contribution in [0, 0.1) is 0 Å². The number of rotatable bonds is 11. The average Bonchev–Trinajstić information content (AvgIpc) is 2.86. The molecule has 2 aromatic rings. The van der Waals surface area contributed by atoms with Gasteiger partial charge in [-0.15, -0.1) is 0 Å². The fourth-order valence-corrected chi connectivity index (χ4v) is 4.47. The summed E-state index contributed by atoms with van der Waals surface area (Å²) in [4.78, 5) is 38.0. The topological polar surface area (TPSA) is 120 Å². The molecule has 1 aliphatic heterocycles. The Labute approximate surface area is 226 Å². The molecule has 1 saturated heterocycles. The Bertz CT molecular complexity index is 1090. The van der Waals surface area contributed by atoms with Crippen LogP contribution in [0.2, 0.25) is 10.0 Å². The molecule has 2 aromatic carbocycles. The summed E-state index contributed by atoms with van der Waals surface area (Å²) in [5.74, 6) is -0.696. The molecule has 1 fully saturated rings. The van der Waals surface area contributed by atoms with Gasteiger partial charge in [0.05, 0.1) is 11.4 Å². The van der Waals surface area contributed by atoms with Crippen LogP contribution < -0.4 is 20.7 Å². The van der Waals surface area contributed by atoms with Crippen LogP contribution in [0.15, 0.2) is 42.5 Å². The van der Waals surface area contributed by atoms with Gasteiger partial charge in [-0.2, -0.15) is 0 Å². The van der Waals surface area contributed by atoms with Crippen molar-refractivity contribution in [3.63, 3.8) is 0 Å². The molecule has 0 aromatic heterocycles. The molecule has 0 radical (unpaired) electrons. The van der Waals surface area contributed by atoms with Crippen molar-refractivity contribution >= 4 is 46.8 Å². The highest BCUT2D eigenvalue weighted by Crippen LogP contribution is 2.28. The molecule has 37 heavy (non-hydrogen) atoms. The molecular formula is C26H32Cl2N4O5. The first kappa shape index (κ1) is 28.6. The Morgan fingerprint density at radius 1 is 1.14 bits per heavy atom. The second kappa shape index (κ2) is 14.1. The minimum absolute atomic E-state index is 0.0312. The van der Waals surface area contributed by atoms with Crippen molar-refractivity contribution in [3.05, 3.63) is 58.1 Å². The van der Waals surface area contributed by atoms with Crippen molar-refractivity contribution in [1.29, 1.82) is 0 Å². The van der Waals surface area contributed by atoms with E-state index in [0.717, 1.165) is 31.5 Å². The van der Waals surface area contributed by atoms with Crippen LogP contribution in [-0.2, 0) is 16.1 Å². The third-order valence-electron chi connectivity index (χ3n) is 6.04. The fourth-order valence-electron chi connectivity index (χ4n) is 4.02. The number of likely N-dealkylation sites (tertiary alicyclic amines) is 1. The number of carboxylic acid groups (broad SMARTS) is 1. The summed E-state index contributed by atoms with van der Waals surface area (Å²) < 4.78 is 5.78. The van der Waals surface area contributed by atoms with E-state index in [1.54, 1.807) is 36.4 Å². The quantitative estimate of drug-likeness (QED) is 0.326. The summed E-state index contributed by atoms with van der Waals surface area (Å²) in [5, 5.41) is 18.3. The maximum atomic E-state index is 12.7. The SMILES string of the molecule is CC[C@@H](Oc1ccc(Cl)cc1Cl)C(=O)NCc1cccc(NC(=O)NC2CCN(CCC(=O)O)CC2)c1. The molecule has 0 bridgehead atoms. The molecule has 3 amide bonds. The fraction of sp³-hybridized carbons (Fsp3) is 0.423. The molecular weight excluding hydrogens is 519 g/mol. The lowest BCUT2D eigenvalue weighted by molar-refractivity contribution is -0.137. The number of halogens is 2. The zero-order chi connectivity index (χ0) is 26.8. The molecule has 1 atom stereocenters. The molecule has 0 aliphatic carbocycles. The van der Waals surface area contributed by atoms with Gasteiger partial charge in [-0.3, -0.25) is 9.59 Å². The molecule has 200 valence electrons. The number of benzene rings is 2. The van der Waals surface area contributed by atoms with Gasteiger partial charge in [-0.25, -0.2) is 4.79 Å². The zero-order valence-electron chi connectivity index (χ0n) is 20.6. The normalized spacial score (nSPS) is 15.0. The van der Waals surface area contributed by atoms with E-state index in [4.69, 9.17) is 33.0 Å². The number of hydrogen-bond acceptors (Lipinski definition) is 5. The molecule has 1 heterocycles. The van der Waals surface area contributed by atoms with Gasteiger partial charge in [0, 0.05) is 42.9 Å². The molecule has 0 unspecified atom stereocenters. The number of ether oxygens (including phenoxy) is 1. The molecule has 3 rings (SSSR count). The lowest BCUT2D eigenvalue weighted by Gasteiger charge is -2.31. The van der Waals surface area contributed by atoms with E-state index in [1.807, 2.05) is 13.0 Å². The van der Waals surface area contributed by atoms with Gasteiger partial charge >= 0.3 is 12.0 Å². The number of carboxylic acids is 1. The van der Waals surface area contributed by atoms with Crippen LogP contribution in [0.25, 0.3) is 0 Å². The lowest BCUT2D eigenvalue weighted by atomic mass is 10.1. The number of amides is 3. The largest absolute Gasteiger partial charge is 0.481 e. The third kappa shape index (κ3) is 9.42. The van der Waals surface area contributed by atoms with Gasteiger partial charge in [0.25, 0.3) is 5.91 Å². The second-order valence-corrected chi connectivity index (χ2v) is 9.71. The van der Waals surface area contributed by atoms with Gasteiger partial charge in [-0.1, -0.05) is 42.3 Å². The monoisotopic (exact) mass is 550 g/mol. The first-order valence-corrected chi connectivity index (χ1v) is 13.0. The van der Waals surface area contributed by atoms with Crippen LogP contribution in [0.5, 0.6) is 5.75 Å². The van der Waals surface area contributed by atoms with E-state index in [2.05, 4.69) is 20.9 Å². The van der Waals surface area contributed by atoms with E-state index in [0.29, 0.717) is 34.4 Å². The van der Waals surface area contributed by atoms with Crippen molar-refractivity contribution in [2.24, 2.45) is 0 Å². The van der Waals surface area contributed by atoms with Crippen molar-refractivity contribution in [3.8, 4) is 5.75 Å². The summed E-state index contributed by atoms with van der Waals surface area (Å²) in [6.45, 7) is 4.13. The average molecular weight is 551 g/mol. The zero-order valence-corrected chi connectivity index (χ0v) is 22.1. The number of piperidine rings is 1. The molecule has 9 nitrogen and oxygen atoms in total. The molecule has 4 N–H and O–H groups in total. The van der Waals surface area contributed by atoms with E-state index in [9.17, 15) is 14.4 Å². The highest BCUT2D eigenvalue weighted by Gasteiger charge is 2.22. The highest BCUT2D eigenvalue weighted by atomic mass is 35.5. The van der Waals surface area contributed by atoms with Crippen molar-refractivity contribution in [2.45, 2.75) is 51.3 Å². The Balaban J connectivity index is 1.45. The van der Waals surface area contributed by atoms with Crippen LogP contribution in [0.4, 0.5) is 10.5 Å². The predicted molar refractivity (Wildman–Crippen MR) is 143 cm³/mol. The van der Waals surface area contributed by atoms with Gasteiger partial charge in [0.1, 0.15) is 5.75 Å². The van der Waals surface area contributed by atoms with Crippen molar-refractivity contribution in [2.75, 3.05) is 25.0 Å². The van der Waals surface area contributed by atoms with Crippen LogP contribution >= 0.6 is 23.2 Å². The number of carbonyl (C=O) groups excluding carboxylic acids is 2. The van der Waals surface area contributed by atoms with Crippen molar-refractivity contribution < 1.29 is 24.2 Å². The Kier molecular flexibility index (Phi) is 10.9. The summed E-state index contributed by atoms with van der Waals surface area (Å²) in [7, 11) is 0. The minimum Gasteiger partial charge on any atom is -0.481 e. The van der Waals surface area contributed by atoms with Gasteiger partial charge in [0.15, 0.2) is 6.10 Å². The molecule has 1 aliphatic rings. The van der Waals surface area contributed by atoms with Gasteiger partial charge < -0.3 is 30.7 Å².